The fraction of sp³-hybridized carbons (Fsp3) is 0.263. The molecule has 0 spiro atoms. The zero-order valence-electron chi connectivity index (χ0n) is 13.7. The molecule has 0 radical (unpaired) electrons. The molecule has 0 unspecified atom stereocenters. The van der Waals surface area contributed by atoms with E-state index in [0.717, 1.165) is 16.7 Å². The van der Waals surface area contributed by atoms with Crippen LogP contribution in [0.1, 0.15) is 16.7 Å². The molecule has 0 saturated carbocycles. The van der Waals surface area contributed by atoms with Gasteiger partial charge in [0.05, 0.1) is 12.6 Å². The summed E-state index contributed by atoms with van der Waals surface area (Å²) in [5, 5.41) is 3.53. The van der Waals surface area contributed by atoms with Gasteiger partial charge in [0.2, 0.25) is 11.8 Å². The van der Waals surface area contributed by atoms with E-state index in [1.54, 1.807) is 12.1 Å². The van der Waals surface area contributed by atoms with Crippen LogP contribution in [0.3, 0.4) is 0 Å². The van der Waals surface area contributed by atoms with Crippen LogP contribution in [-0.4, -0.2) is 29.3 Å². The quantitative estimate of drug-likeness (QED) is 0.857. The molecule has 0 bridgehead atoms. The molecule has 1 aliphatic rings. The van der Waals surface area contributed by atoms with E-state index in [9.17, 15) is 9.59 Å². The van der Waals surface area contributed by atoms with E-state index in [1.807, 2.05) is 41.3 Å². The van der Waals surface area contributed by atoms with Gasteiger partial charge < -0.3 is 11.1 Å². The number of hydrogen-bond acceptors (Lipinski definition) is 3. The third-order valence-corrected chi connectivity index (χ3v) is 4.68. The van der Waals surface area contributed by atoms with Crippen LogP contribution >= 0.6 is 11.6 Å². The van der Waals surface area contributed by atoms with Crippen LogP contribution in [0.2, 0.25) is 5.02 Å². The van der Waals surface area contributed by atoms with Gasteiger partial charge >= 0.3 is 0 Å². The van der Waals surface area contributed by atoms with Crippen molar-refractivity contribution in [1.82, 2.24) is 10.2 Å². The van der Waals surface area contributed by atoms with Crippen LogP contribution in [0.25, 0.3) is 0 Å². The Labute approximate surface area is 151 Å². The SMILES string of the molecule is NC(=O)[C@@H]1Cc2ccccc2CN1CC(=O)NCc1ccc(Cl)cc1. The average Bonchev–Trinajstić information content (AvgIpc) is 2.60. The summed E-state index contributed by atoms with van der Waals surface area (Å²) in [6, 6.07) is 14.8. The Kier molecular flexibility index (Phi) is 5.36. The van der Waals surface area contributed by atoms with Gasteiger partial charge in [0.15, 0.2) is 0 Å². The summed E-state index contributed by atoms with van der Waals surface area (Å²) in [5.41, 5.74) is 8.76. The smallest absolute Gasteiger partial charge is 0.235 e. The fourth-order valence-corrected chi connectivity index (χ4v) is 3.19. The molecule has 0 fully saturated rings. The monoisotopic (exact) mass is 357 g/mol. The van der Waals surface area contributed by atoms with Crippen LogP contribution < -0.4 is 11.1 Å². The number of nitrogens with one attached hydrogen (secondary N) is 1. The third kappa shape index (κ3) is 4.38. The summed E-state index contributed by atoms with van der Waals surface area (Å²) in [4.78, 5) is 25.9. The number of fused-ring (bicyclic) bond motifs is 1. The van der Waals surface area contributed by atoms with Gasteiger partial charge in [0.25, 0.3) is 0 Å². The van der Waals surface area contributed by atoms with Gasteiger partial charge in [0, 0.05) is 18.1 Å². The van der Waals surface area contributed by atoms with Gasteiger partial charge in [-0.15, -0.1) is 0 Å². The van der Waals surface area contributed by atoms with Crippen molar-refractivity contribution in [2.45, 2.75) is 25.6 Å². The second kappa shape index (κ2) is 7.68. The van der Waals surface area contributed by atoms with Gasteiger partial charge in [-0.25, -0.2) is 0 Å². The van der Waals surface area contributed by atoms with Crippen molar-refractivity contribution in [3.63, 3.8) is 0 Å². The largest absolute Gasteiger partial charge is 0.368 e. The Hall–Kier alpha value is -2.37. The second-order valence-corrected chi connectivity index (χ2v) is 6.64. The number of carbonyl (C=O) groups is 2. The minimum atomic E-state index is -0.462. The number of amides is 2. The number of hydrogen-bond donors (Lipinski definition) is 2. The molecule has 2 aromatic rings. The van der Waals surface area contributed by atoms with E-state index in [0.29, 0.717) is 24.5 Å². The molecule has 1 heterocycles. The Balaban J connectivity index is 1.62. The normalized spacial score (nSPS) is 16.9. The molecule has 0 aliphatic carbocycles. The van der Waals surface area contributed by atoms with Crippen molar-refractivity contribution in [2.75, 3.05) is 6.54 Å². The van der Waals surface area contributed by atoms with Crippen molar-refractivity contribution in [1.29, 1.82) is 0 Å². The van der Waals surface area contributed by atoms with Gasteiger partial charge in [0.1, 0.15) is 0 Å². The lowest BCUT2D eigenvalue weighted by Crippen LogP contribution is -2.51. The van der Waals surface area contributed by atoms with Crippen LogP contribution in [-0.2, 0) is 29.1 Å². The fourth-order valence-electron chi connectivity index (χ4n) is 3.07. The molecule has 6 heteroatoms. The first-order chi connectivity index (χ1) is 12.0. The lowest BCUT2D eigenvalue weighted by atomic mass is 9.93. The first-order valence-corrected chi connectivity index (χ1v) is 8.52. The van der Waals surface area contributed by atoms with E-state index >= 15 is 0 Å². The highest BCUT2D eigenvalue weighted by Crippen LogP contribution is 2.22. The third-order valence-electron chi connectivity index (χ3n) is 4.42. The van der Waals surface area contributed by atoms with Crippen molar-refractivity contribution in [3.05, 3.63) is 70.2 Å². The lowest BCUT2D eigenvalue weighted by molar-refractivity contribution is -0.127. The van der Waals surface area contributed by atoms with Gasteiger partial charge in [-0.05, 0) is 35.2 Å². The summed E-state index contributed by atoms with van der Waals surface area (Å²) in [7, 11) is 0. The second-order valence-electron chi connectivity index (χ2n) is 6.20. The average molecular weight is 358 g/mol. The topological polar surface area (TPSA) is 75.4 Å². The predicted octanol–water partition coefficient (Wildman–Crippen LogP) is 1.87. The summed E-state index contributed by atoms with van der Waals surface area (Å²) in [6.45, 7) is 1.09. The molecule has 0 saturated heterocycles. The van der Waals surface area contributed by atoms with Crippen LogP contribution in [0.4, 0.5) is 0 Å². The van der Waals surface area contributed by atoms with Crippen molar-refractivity contribution in [3.8, 4) is 0 Å². The van der Waals surface area contributed by atoms with Crippen LogP contribution in [0.5, 0.6) is 0 Å². The maximum absolute atomic E-state index is 12.3. The molecule has 130 valence electrons. The number of halogens is 1. The summed E-state index contributed by atoms with van der Waals surface area (Å²) in [6.07, 6.45) is 0.538. The number of benzene rings is 2. The molecule has 3 rings (SSSR count). The molecule has 1 aliphatic heterocycles. The highest BCUT2D eigenvalue weighted by Gasteiger charge is 2.31. The maximum Gasteiger partial charge on any atom is 0.235 e. The molecule has 0 aromatic heterocycles. The Bertz CT molecular complexity index is 776. The summed E-state index contributed by atoms with van der Waals surface area (Å²) < 4.78 is 0. The highest BCUT2D eigenvalue weighted by molar-refractivity contribution is 6.30. The zero-order chi connectivity index (χ0) is 17.8. The van der Waals surface area contributed by atoms with E-state index in [1.165, 1.54) is 0 Å². The molecule has 3 N–H and O–H groups in total. The van der Waals surface area contributed by atoms with Gasteiger partial charge in [-0.3, -0.25) is 14.5 Å². The highest BCUT2D eigenvalue weighted by atomic mass is 35.5. The molecule has 25 heavy (non-hydrogen) atoms. The zero-order valence-corrected chi connectivity index (χ0v) is 14.5. The number of primary amides is 1. The number of nitrogens with two attached hydrogens (primary N) is 1. The number of carbonyl (C=O) groups excluding carboxylic acids is 2. The number of rotatable bonds is 5. The minimum absolute atomic E-state index is 0.134. The van der Waals surface area contributed by atoms with Crippen molar-refractivity contribution >= 4 is 23.4 Å². The van der Waals surface area contributed by atoms with E-state index < -0.39 is 11.9 Å². The molecule has 1 atom stereocenters. The Morgan fingerprint density at radius 1 is 1.12 bits per heavy atom. The predicted molar refractivity (Wildman–Crippen MR) is 96.8 cm³/mol. The van der Waals surface area contributed by atoms with Gasteiger partial charge in [-0.1, -0.05) is 48.0 Å². The summed E-state index contributed by atoms with van der Waals surface area (Å²) >= 11 is 5.85. The molecular weight excluding hydrogens is 338 g/mol. The Morgan fingerprint density at radius 3 is 2.48 bits per heavy atom. The lowest BCUT2D eigenvalue weighted by Gasteiger charge is -2.34. The molecular formula is C19H20ClN3O2. The molecule has 5 nitrogen and oxygen atoms in total. The summed E-state index contributed by atoms with van der Waals surface area (Å²) in [5.74, 6) is -0.541. The van der Waals surface area contributed by atoms with E-state index in [4.69, 9.17) is 17.3 Å². The Morgan fingerprint density at radius 2 is 1.80 bits per heavy atom. The molecule has 2 aromatic carbocycles. The number of nitrogens with zero attached hydrogens (tertiary/aromatic N) is 1. The van der Waals surface area contributed by atoms with E-state index in [2.05, 4.69) is 5.32 Å². The standard InChI is InChI=1S/C19H20ClN3O2/c20-16-7-5-13(6-8-16)10-22-18(24)12-23-11-15-4-2-1-3-14(15)9-17(23)19(21)25/h1-8,17H,9-12H2,(H2,21,25)(H,22,24)/t17-/m0/s1. The first-order valence-electron chi connectivity index (χ1n) is 8.14. The maximum atomic E-state index is 12.3. The van der Waals surface area contributed by atoms with Crippen LogP contribution in [0, 0.1) is 0 Å². The van der Waals surface area contributed by atoms with Crippen LogP contribution in [0.15, 0.2) is 48.5 Å². The van der Waals surface area contributed by atoms with Gasteiger partial charge in [-0.2, -0.15) is 0 Å². The minimum Gasteiger partial charge on any atom is -0.368 e. The van der Waals surface area contributed by atoms with Crippen molar-refractivity contribution in [2.24, 2.45) is 5.73 Å². The van der Waals surface area contributed by atoms with Crippen molar-refractivity contribution < 1.29 is 9.59 Å². The first kappa shape index (κ1) is 17.5. The van der Waals surface area contributed by atoms with E-state index in [-0.39, 0.29) is 12.5 Å². The molecule has 2 amide bonds.